The van der Waals surface area contributed by atoms with Crippen LogP contribution in [-0.4, -0.2) is 35.3 Å². The van der Waals surface area contributed by atoms with Crippen LogP contribution in [0.25, 0.3) is 0 Å². The second kappa shape index (κ2) is 6.10. The fourth-order valence-electron chi connectivity index (χ4n) is 0.622. The van der Waals surface area contributed by atoms with Gasteiger partial charge < -0.3 is 0 Å². The molecule has 0 aromatic rings. The molecule has 1 N–H and O–H groups in total. The summed E-state index contributed by atoms with van der Waals surface area (Å²) >= 11 is 2.86. The SMILES string of the molecule is CC(CCNS(=O)(=O)CBr)S(C)=O. The zero-order valence-corrected chi connectivity index (χ0v) is 10.8. The van der Waals surface area contributed by atoms with Crippen molar-refractivity contribution in [2.45, 2.75) is 18.6 Å². The van der Waals surface area contributed by atoms with Crippen LogP contribution >= 0.6 is 15.9 Å². The summed E-state index contributed by atoms with van der Waals surface area (Å²) in [4.78, 5) is 0. The number of rotatable bonds is 6. The van der Waals surface area contributed by atoms with E-state index in [1.54, 1.807) is 6.26 Å². The molecule has 0 aliphatic rings. The Kier molecular flexibility index (Phi) is 6.36. The van der Waals surface area contributed by atoms with Gasteiger partial charge in [-0.2, -0.15) is 0 Å². The quantitative estimate of drug-likeness (QED) is 0.721. The first-order valence-electron chi connectivity index (χ1n) is 3.74. The van der Waals surface area contributed by atoms with Crippen LogP contribution in [0.4, 0.5) is 0 Å². The van der Waals surface area contributed by atoms with Gasteiger partial charge in [-0.25, -0.2) is 13.1 Å². The van der Waals surface area contributed by atoms with Crippen LogP contribution in [0, 0.1) is 0 Å². The number of sulfonamides is 1. The van der Waals surface area contributed by atoms with E-state index in [0.29, 0.717) is 13.0 Å². The van der Waals surface area contributed by atoms with Gasteiger partial charge in [-0.3, -0.25) is 4.21 Å². The predicted octanol–water partition coefficient (Wildman–Crippen LogP) is 0.415. The van der Waals surface area contributed by atoms with Crippen molar-refractivity contribution in [1.82, 2.24) is 4.72 Å². The Morgan fingerprint density at radius 3 is 2.46 bits per heavy atom. The molecule has 0 spiro atoms. The summed E-state index contributed by atoms with van der Waals surface area (Å²) in [5.74, 6) is 0. The molecular formula is C6H14BrNO3S2. The van der Waals surface area contributed by atoms with Crippen LogP contribution in [0.1, 0.15) is 13.3 Å². The molecule has 0 aromatic heterocycles. The van der Waals surface area contributed by atoms with Gasteiger partial charge in [-0.15, -0.1) is 0 Å². The molecule has 0 radical (unpaired) electrons. The first-order valence-corrected chi connectivity index (χ1v) is 8.14. The predicted molar refractivity (Wildman–Crippen MR) is 58.9 cm³/mol. The van der Waals surface area contributed by atoms with Crippen LogP contribution in [0.3, 0.4) is 0 Å². The molecule has 0 bridgehead atoms. The van der Waals surface area contributed by atoms with E-state index >= 15 is 0 Å². The van der Waals surface area contributed by atoms with Gasteiger partial charge in [0.05, 0.1) is 0 Å². The molecule has 0 rings (SSSR count). The van der Waals surface area contributed by atoms with Crippen LogP contribution in [-0.2, 0) is 20.8 Å². The van der Waals surface area contributed by atoms with Gasteiger partial charge >= 0.3 is 0 Å². The van der Waals surface area contributed by atoms with E-state index < -0.39 is 20.8 Å². The van der Waals surface area contributed by atoms with E-state index in [1.807, 2.05) is 6.92 Å². The second-order valence-corrected chi connectivity index (χ2v) is 7.63. The van der Waals surface area contributed by atoms with Crippen molar-refractivity contribution in [2.75, 3.05) is 17.5 Å². The topological polar surface area (TPSA) is 63.2 Å². The summed E-state index contributed by atoms with van der Waals surface area (Å²) in [7, 11) is -4.06. The minimum absolute atomic E-state index is 0.0259. The summed E-state index contributed by atoms with van der Waals surface area (Å²) in [5, 5.41) is 0.0259. The molecule has 80 valence electrons. The van der Waals surface area contributed by atoms with E-state index in [1.165, 1.54) is 0 Å². The molecule has 0 aromatic carbocycles. The number of nitrogens with one attached hydrogen (secondary N) is 1. The smallest absolute Gasteiger partial charge is 0.221 e. The second-order valence-electron chi connectivity index (χ2n) is 2.72. The monoisotopic (exact) mass is 291 g/mol. The lowest BCUT2D eigenvalue weighted by molar-refractivity contribution is 0.583. The van der Waals surface area contributed by atoms with E-state index in [2.05, 4.69) is 20.7 Å². The third-order valence-corrected chi connectivity index (χ3v) is 5.69. The van der Waals surface area contributed by atoms with Gasteiger partial charge in [-0.1, -0.05) is 22.9 Å². The maximum atomic E-state index is 10.9. The highest BCUT2D eigenvalue weighted by atomic mass is 79.9. The fraction of sp³-hybridized carbons (Fsp3) is 1.00. The fourth-order valence-corrected chi connectivity index (χ4v) is 2.06. The molecule has 13 heavy (non-hydrogen) atoms. The van der Waals surface area contributed by atoms with Crippen molar-refractivity contribution in [3.05, 3.63) is 0 Å². The lowest BCUT2D eigenvalue weighted by Gasteiger charge is -2.08. The first-order chi connectivity index (χ1) is 5.89. The van der Waals surface area contributed by atoms with Crippen molar-refractivity contribution in [3.8, 4) is 0 Å². The Labute approximate surface area is 90.1 Å². The normalized spacial score (nSPS) is 16.8. The molecule has 0 amide bonds. The van der Waals surface area contributed by atoms with E-state index in [9.17, 15) is 12.6 Å². The Morgan fingerprint density at radius 2 is 2.08 bits per heavy atom. The number of alkyl halides is 1. The van der Waals surface area contributed by atoms with Crippen molar-refractivity contribution < 1.29 is 12.6 Å². The minimum atomic E-state index is -3.17. The Balaban J connectivity index is 3.75. The Bertz CT molecular complexity index is 265. The molecule has 7 heteroatoms. The first kappa shape index (κ1) is 13.5. The maximum Gasteiger partial charge on any atom is 0.221 e. The zero-order chi connectivity index (χ0) is 10.5. The molecule has 2 atom stereocenters. The Morgan fingerprint density at radius 1 is 1.54 bits per heavy atom. The number of hydrogen-bond donors (Lipinski definition) is 1. The van der Waals surface area contributed by atoms with Crippen LogP contribution in [0.5, 0.6) is 0 Å². The van der Waals surface area contributed by atoms with Gasteiger partial charge in [0.25, 0.3) is 0 Å². The number of halogens is 1. The highest BCUT2D eigenvalue weighted by Gasteiger charge is 2.09. The molecule has 0 fully saturated rings. The molecule has 0 aliphatic carbocycles. The molecule has 0 saturated carbocycles. The van der Waals surface area contributed by atoms with Crippen molar-refractivity contribution in [3.63, 3.8) is 0 Å². The van der Waals surface area contributed by atoms with Gasteiger partial charge in [0.2, 0.25) is 10.0 Å². The standard InChI is InChI=1S/C6H14BrNO3S2/c1-6(12(2)9)3-4-8-13(10,11)5-7/h6,8H,3-5H2,1-2H3. The molecule has 0 saturated heterocycles. The number of hydrogen-bond acceptors (Lipinski definition) is 3. The van der Waals surface area contributed by atoms with Crippen molar-refractivity contribution in [2.24, 2.45) is 0 Å². The van der Waals surface area contributed by atoms with E-state index in [-0.39, 0.29) is 9.91 Å². The molecule has 2 unspecified atom stereocenters. The minimum Gasteiger partial charge on any atom is -0.260 e. The largest absolute Gasteiger partial charge is 0.260 e. The summed E-state index contributed by atoms with van der Waals surface area (Å²) in [6.07, 6.45) is 2.21. The van der Waals surface area contributed by atoms with E-state index in [0.717, 1.165) is 0 Å². The summed E-state index contributed by atoms with van der Waals surface area (Å²) < 4.78 is 35.0. The van der Waals surface area contributed by atoms with Crippen molar-refractivity contribution in [1.29, 1.82) is 0 Å². The summed E-state index contributed by atoms with van der Waals surface area (Å²) in [5.41, 5.74) is 0. The van der Waals surface area contributed by atoms with E-state index in [4.69, 9.17) is 0 Å². The zero-order valence-electron chi connectivity index (χ0n) is 7.62. The third kappa shape index (κ3) is 6.59. The summed E-state index contributed by atoms with van der Waals surface area (Å²) in [6, 6.07) is 0. The molecular weight excluding hydrogens is 278 g/mol. The average Bonchev–Trinajstić information content (AvgIpc) is 2.04. The lowest BCUT2D eigenvalue weighted by Crippen LogP contribution is -2.28. The highest BCUT2D eigenvalue weighted by molar-refractivity contribution is 9.10. The lowest BCUT2D eigenvalue weighted by atomic mass is 10.3. The van der Waals surface area contributed by atoms with Gasteiger partial charge in [0, 0.05) is 28.9 Å². The van der Waals surface area contributed by atoms with Crippen LogP contribution in [0.2, 0.25) is 0 Å². The maximum absolute atomic E-state index is 10.9. The molecule has 4 nitrogen and oxygen atoms in total. The molecule has 0 aliphatic heterocycles. The van der Waals surface area contributed by atoms with Crippen LogP contribution in [0.15, 0.2) is 0 Å². The van der Waals surface area contributed by atoms with Gasteiger partial charge in [-0.05, 0) is 6.42 Å². The van der Waals surface area contributed by atoms with Crippen LogP contribution < -0.4 is 4.72 Å². The summed E-state index contributed by atoms with van der Waals surface area (Å²) in [6.45, 7) is 2.17. The molecule has 0 heterocycles. The average molecular weight is 292 g/mol. The van der Waals surface area contributed by atoms with Gasteiger partial charge in [0.15, 0.2) is 0 Å². The Hall–Kier alpha value is 0.540. The highest BCUT2D eigenvalue weighted by Crippen LogP contribution is 1.98. The van der Waals surface area contributed by atoms with Crippen molar-refractivity contribution >= 4 is 36.8 Å². The third-order valence-electron chi connectivity index (χ3n) is 1.58. The van der Waals surface area contributed by atoms with Gasteiger partial charge in [0.1, 0.15) is 4.66 Å².